The molecule has 0 atom stereocenters. The number of aliphatic hydroxyl groups is 1. The molecule has 0 spiro atoms. The molecule has 1 aliphatic heterocycles. The Morgan fingerprint density at radius 1 is 1.24 bits per heavy atom. The second-order valence-electron chi connectivity index (χ2n) is 4.56. The summed E-state index contributed by atoms with van der Waals surface area (Å²) >= 11 is 1.90. The molecular formula is C14H21NOS. The first-order chi connectivity index (χ1) is 8.38. The fourth-order valence-corrected chi connectivity index (χ4v) is 3.14. The molecule has 0 saturated carbocycles. The number of nitrogens with zero attached hydrogens (tertiary/aromatic N) is 1. The zero-order chi connectivity index (χ0) is 11.9. The van der Waals surface area contributed by atoms with Crippen LogP contribution in [0.5, 0.6) is 0 Å². The Labute approximate surface area is 108 Å². The zero-order valence-corrected chi connectivity index (χ0v) is 11.1. The molecule has 1 heterocycles. The molecule has 0 unspecified atom stereocenters. The van der Waals surface area contributed by atoms with Crippen molar-refractivity contribution in [1.29, 1.82) is 0 Å². The Morgan fingerprint density at radius 2 is 2.06 bits per heavy atom. The van der Waals surface area contributed by atoms with Gasteiger partial charge in [-0.15, -0.1) is 11.8 Å². The van der Waals surface area contributed by atoms with Gasteiger partial charge in [0.2, 0.25) is 0 Å². The molecule has 1 aromatic carbocycles. The molecule has 0 bridgehead atoms. The third-order valence-electron chi connectivity index (χ3n) is 3.17. The minimum Gasteiger partial charge on any atom is -0.392 e. The first-order valence-electron chi connectivity index (χ1n) is 6.43. The Balaban J connectivity index is 1.66. The van der Waals surface area contributed by atoms with Crippen LogP contribution in [0.15, 0.2) is 29.2 Å². The van der Waals surface area contributed by atoms with E-state index in [4.69, 9.17) is 5.11 Å². The van der Waals surface area contributed by atoms with Gasteiger partial charge in [-0.1, -0.05) is 12.1 Å². The third-order valence-corrected chi connectivity index (χ3v) is 4.25. The van der Waals surface area contributed by atoms with E-state index in [1.807, 2.05) is 23.9 Å². The van der Waals surface area contributed by atoms with Crippen LogP contribution in [0.2, 0.25) is 0 Å². The van der Waals surface area contributed by atoms with Crippen LogP contribution in [-0.2, 0) is 6.61 Å². The molecular weight excluding hydrogens is 230 g/mol. The standard InChI is InChI=1S/C14H21NOS/c16-12-13-5-3-6-14(11-13)17-10-4-9-15-7-1-2-8-15/h3,5-6,11,16H,1-2,4,7-10,12H2. The molecule has 0 radical (unpaired) electrons. The van der Waals surface area contributed by atoms with Crippen LogP contribution in [0.3, 0.4) is 0 Å². The van der Waals surface area contributed by atoms with E-state index in [0.29, 0.717) is 0 Å². The molecule has 2 nitrogen and oxygen atoms in total. The number of hydrogen-bond acceptors (Lipinski definition) is 3. The van der Waals surface area contributed by atoms with E-state index in [0.717, 1.165) is 5.56 Å². The van der Waals surface area contributed by atoms with Gasteiger partial charge >= 0.3 is 0 Å². The van der Waals surface area contributed by atoms with E-state index in [1.54, 1.807) is 0 Å². The number of likely N-dealkylation sites (tertiary alicyclic amines) is 1. The highest BCUT2D eigenvalue weighted by Crippen LogP contribution is 2.20. The van der Waals surface area contributed by atoms with Gasteiger partial charge in [-0.2, -0.15) is 0 Å². The molecule has 1 N–H and O–H groups in total. The topological polar surface area (TPSA) is 23.5 Å². The van der Waals surface area contributed by atoms with Crippen molar-refractivity contribution in [2.75, 3.05) is 25.4 Å². The lowest BCUT2D eigenvalue weighted by atomic mass is 10.2. The summed E-state index contributed by atoms with van der Waals surface area (Å²) in [4.78, 5) is 3.84. The second kappa shape index (κ2) is 7.04. The highest BCUT2D eigenvalue weighted by Gasteiger charge is 2.10. The fourth-order valence-electron chi connectivity index (χ4n) is 2.22. The molecule has 3 heteroatoms. The van der Waals surface area contributed by atoms with E-state index in [1.165, 1.54) is 49.5 Å². The molecule has 1 aliphatic rings. The van der Waals surface area contributed by atoms with Gasteiger partial charge < -0.3 is 10.0 Å². The molecule has 0 aliphatic carbocycles. The summed E-state index contributed by atoms with van der Waals surface area (Å²) in [6.07, 6.45) is 4.02. The molecule has 17 heavy (non-hydrogen) atoms. The number of benzene rings is 1. The first-order valence-corrected chi connectivity index (χ1v) is 7.42. The number of thioether (sulfide) groups is 1. The number of rotatable bonds is 6. The Morgan fingerprint density at radius 3 is 2.82 bits per heavy atom. The summed E-state index contributed by atoms with van der Waals surface area (Å²) in [5.41, 5.74) is 1.01. The average molecular weight is 251 g/mol. The smallest absolute Gasteiger partial charge is 0.0682 e. The second-order valence-corrected chi connectivity index (χ2v) is 5.72. The third kappa shape index (κ3) is 4.34. The van der Waals surface area contributed by atoms with E-state index >= 15 is 0 Å². The summed E-state index contributed by atoms with van der Waals surface area (Å²) < 4.78 is 0. The van der Waals surface area contributed by atoms with Crippen LogP contribution in [0, 0.1) is 0 Å². The van der Waals surface area contributed by atoms with Gasteiger partial charge in [0.1, 0.15) is 0 Å². The number of aliphatic hydroxyl groups excluding tert-OH is 1. The lowest BCUT2D eigenvalue weighted by Crippen LogP contribution is -2.20. The van der Waals surface area contributed by atoms with Crippen molar-refractivity contribution in [2.45, 2.75) is 30.8 Å². The molecule has 1 saturated heterocycles. The first kappa shape index (κ1) is 12.9. The molecule has 0 amide bonds. The minimum absolute atomic E-state index is 0.141. The SMILES string of the molecule is OCc1cccc(SCCCN2CCCC2)c1. The largest absolute Gasteiger partial charge is 0.392 e. The monoisotopic (exact) mass is 251 g/mol. The Hall–Kier alpha value is -0.510. The summed E-state index contributed by atoms with van der Waals surface area (Å²) in [5, 5.41) is 9.06. The van der Waals surface area contributed by atoms with Gasteiger partial charge in [0, 0.05) is 4.90 Å². The summed E-state index contributed by atoms with van der Waals surface area (Å²) in [6.45, 7) is 3.98. The Kier molecular flexibility index (Phi) is 5.36. The molecule has 1 aromatic rings. The zero-order valence-electron chi connectivity index (χ0n) is 10.3. The van der Waals surface area contributed by atoms with Crippen molar-refractivity contribution in [3.63, 3.8) is 0 Å². The molecule has 94 valence electrons. The van der Waals surface area contributed by atoms with Gasteiger partial charge in [-0.25, -0.2) is 0 Å². The summed E-state index contributed by atoms with van der Waals surface area (Å²) in [6, 6.07) is 8.20. The van der Waals surface area contributed by atoms with Crippen molar-refractivity contribution in [3.05, 3.63) is 29.8 Å². The maximum atomic E-state index is 9.06. The molecule has 2 rings (SSSR count). The maximum Gasteiger partial charge on any atom is 0.0682 e. The Bertz CT molecular complexity index is 337. The quantitative estimate of drug-likeness (QED) is 0.621. The van der Waals surface area contributed by atoms with Crippen molar-refractivity contribution >= 4 is 11.8 Å². The van der Waals surface area contributed by atoms with Crippen LogP contribution >= 0.6 is 11.8 Å². The van der Waals surface area contributed by atoms with E-state index in [-0.39, 0.29) is 6.61 Å². The summed E-state index contributed by atoms with van der Waals surface area (Å²) in [7, 11) is 0. The van der Waals surface area contributed by atoms with Crippen LogP contribution in [0.25, 0.3) is 0 Å². The maximum absolute atomic E-state index is 9.06. The van der Waals surface area contributed by atoms with Crippen LogP contribution in [0.4, 0.5) is 0 Å². The van der Waals surface area contributed by atoms with Gasteiger partial charge in [-0.05, 0) is 62.3 Å². The summed E-state index contributed by atoms with van der Waals surface area (Å²) in [5.74, 6) is 1.17. The lowest BCUT2D eigenvalue weighted by molar-refractivity contribution is 0.281. The van der Waals surface area contributed by atoms with Gasteiger partial charge in [0.05, 0.1) is 6.61 Å². The van der Waals surface area contributed by atoms with E-state index in [2.05, 4.69) is 17.0 Å². The van der Waals surface area contributed by atoms with Crippen LogP contribution in [0.1, 0.15) is 24.8 Å². The minimum atomic E-state index is 0.141. The predicted molar refractivity (Wildman–Crippen MR) is 73.4 cm³/mol. The highest BCUT2D eigenvalue weighted by molar-refractivity contribution is 7.99. The average Bonchev–Trinajstić information content (AvgIpc) is 2.88. The van der Waals surface area contributed by atoms with Gasteiger partial charge in [-0.3, -0.25) is 0 Å². The molecule has 1 fully saturated rings. The van der Waals surface area contributed by atoms with E-state index < -0.39 is 0 Å². The lowest BCUT2D eigenvalue weighted by Gasteiger charge is -2.13. The molecule has 0 aromatic heterocycles. The van der Waals surface area contributed by atoms with Crippen molar-refractivity contribution in [3.8, 4) is 0 Å². The highest BCUT2D eigenvalue weighted by atomic mass is 32.2. The van der Waals surface area contributed by atoms with Crippen molar-refractivity contribution < 1.29 is 5.11 Å². The van der Waals surface area contributed by atoms with Crippen molar-refractivity contribution in [2.24, 2.45) is 0 Å². The van der Waals surface area contributed by atoms with E-state index in [9.17, 15) is 0 Å². The number of hydrogen-bond donors (Lipinski definition) is 1. The van der Waals surface area contributed by atoms with Crippen LogP contribution in [-0.4, -0.2) is 35.4 Å². The van der Waals surface area contributed by atoms with Gasteiger partial charge in [0.25, 0.3) is 0 Å². The fraction of sp³-hybridized carbons (Fsp3) is 0.571. The van der Waals surface area contributed by atoms with Crippen LogP contribution < -0.4 is 0 Å². The normalized spacial score (nSPS) is 16.5. The predicted octanol–water partition coefficient (Wildman–Crippen LogP) is 2.76. The van der Waals surface area contributed by atoms with Crippen molar-refractivity contribution in [1.82, 2.24) is 4.90 Å². The van der Waals surface area contributed by atoms with Gasteiger partial charge in [0.15, 0.2) is 0 Å².